The molecule has 0 saturated heterocycles. The molecule has 1 aromatic heterocycles. The Kier molecular flexibility index (Phi) is 6.59. The zero-order valence-electron chi connectivity index (χ0n) is 18.8. The van der Waals surface area contributed by atoms with E-state index in [1.807, 2.05) is 36.4 Å². The fourth-order valence-corrected chi connectivity index (χ4v) is 3.54. The van der Waals surface area contributed by atoms with Crippen molar-refractivity contribution < 1.29 is 9.59 Å². The standard InChI is InChI=1S/C26H23N5O3/c1-17(20-11-8-12-21(15-20)27-18(2)32)28-29-25(33)24-22-13-6-7-14-23(22)26(34)31(30-24)16-19-9-4-3-5-10-19/h3-15H,16H2,1-2H3,(H,27,32)(H,29,33). The fourth-order valence-electron chi connectivity index (χ4n) is 3.54. The lowest BCUT2D eigenvalue weighted by atomic mass is 10.1. The number of rotatable bonds is 6. The van der Waals surface area contributed by atoms with Crippen molar-refractivity contribution in [2.45, 2.75) is 20.4 Å². The van der Waals surface area contributed by atoms with Gasteiger partial charge in [-0.05, 0) is 36.2 Å². The Labute approximate surface area is 195 Å². The van der Waals surface area contributed by atoms with Crippen molar-refractivity contribution in [2.24, 2.45) is 5.10 Å². The van der Waals surface area contributed by atoms with Crippen molar-refractivity contribution in [3.8, 4) is 0 Å². The van der Waals surface area contributed by atoms with Gasteiger partial charge in [-0.3, -0.25) is 14.4 Å². The van der Waals surface area contributed by atoms with Crippen LogP contribution in [-0.4, -0.2) is 27.3 Å². The van der Waals surface area contributed by atoms with Crippen LogP contribution in [0.25, 0.3) is 10.8 Å². The molecule has 0 aliphatic carbocycles. The highest BCUT2D eigenvalue weighted by Crippen LogP contribution is 2.15. The number of hydrogen-bond acceptors (Lipinski definition) is 5. The monoisotopic (exact) mass is 453 g/mol. The molecule has 4 rings (SSSR count). The van der Waals surface area contributed by atoms with Crippen LogP contribution in [0.1, 0.15) is 35.5 Å². The molecule has 2 N–H and O–H groups in total. The summed E-state index contributed by atoms with van der Waals surface area (Å²) in [6.45, 7) is 3.42. The van der Waals surface area contributed by atoms with E-state index < -0.39 is 5.91 Å². The molecular formula is C26H23N5O3. The topological polar surface area (TPSA) is 105 Å². The number of amides is 2. The maximum atomic E-state index is 13.1. The van der Waals surface area contributed by atoms with E-state index in [-0.39, 0.29) is 23.7 Å². The minimum atomic E-state index is -0.532. The fraction of sp³-hybridized carbons (Fsp3) is 0.115. The van der Waals surface area contributed by atoms with Crippen LogP contribution in [0.5, 0.6) is 0 Å². The first-order valence-corrected chi connectivity index (χ1v) is 10.7. The second-order valence-corrected chi connectivity index (χ2v) is 7.74. The summed E-state index contributed by atoms with van der Waals surface area (Å²) in [7, 11) is 0. The number of carbonyl (C=O) groups is 2. The average Bonchev–Trinajstić information content (AvgIpc) is 2.84. The second-order valence-electron chi connectivity index (χ2n) is 7.74. The van der Waals surface area contributed by atoms with Gasteiger partial charge in [-0.15, -0.1) is 0 Å². The highest BCUT2D eigenvalue weighted by Gasteiger charge is 2.17. The largest absolute Gasteiger partial charge is 0.326 e. The van der Waals surface area contributed by atoms with E-state index in [9.17, 15) is 14.4 Å². The van der Waals surface area contributed by atoms with Gasteiger partial charge in [-0.1, -0.05) is 60.7 Å². The molecular weight excluding hydrogens is 430 g/mol. The first-order valence-electron chi connectivity index (χ1n) is 10.7. The predicted octanol–water partition coefficient (Wildman–Crippen LogP) is 3.56. The van der Waals surface area contributed by atoms with Gasteiger partial charge in [0.2, 0.25) is 5.91 Å². The van der Waals surface area contributed by atoms with Crippen LogP contribution in [-0.2, 0) is 11.3 Å². The Bertz CT molecular complexity index is 1460. The lowest BCUT2D eigenvalue weighted by Gasteiger charge is -2.11. The zero-order chi connectivity index (χ0) is 24.1. The van der Waals surface area contributed by atoms with Gasteiger partial charge in [-0.25, -0.2) is 10.1 Å². The van der Waals surface area contributed by atoms with Gasteiger partial charge in [0, 0.05) is 18.0 Å². The number of nitrogens with zero attached hydrogens (tertiary/aromatic N) is 3. The minimum absolute atomic E-state index is 0.106. The summed E-state index contributed by atoms with van der Waals surface area (Å²) in [5.41, 5.74) is 5.18. The quantitative estimate of drug-likeness (QED) is 0.344. The van der Waals surface area contributed by atoms with Gasteiger partial charge in [-0.2, -0.15) is 10.2 Å². The summed E-state index contributed by atoms with van der Waals surface area (Å²) < 4.78 is 1.29. The molecule has 3 aromatic carbocycles. The minimum Gasteiger partial charge on any atom is -0.326 e. The summed E-state index contributed by atoms with van der Waals surface area (Å²) in [6.07, 6.45) is 0. The van der Waals surface area contributed by atoms with Crippen LogP contribution < -0.4 is 16.3 Å². The van der Waals surface area contributed by atoms with Gasteiger partial charge in [0.1, 0.15) is 0 Å². The Morgan fingerprint density at radius 2 is 1.62 bits per heavy atom. The number of nitrogens with one attached hydrogen (secondary N) is 2. The van der Waals surface area contributed by atoms with E-state index in [0.717, 1.165) is 11.1 Å². The normalized spacial score (nSPS) is 11.3. The van der Waals surface area contributed by atoms with Crippen LogP contribution in [0.4, 0.5) is 5.69 Å². The molecule has 0 bridgehead atoms. The molecule has 1 heterocycles. The van der Waals surface area contributed by atoms with Crippen LogP contribution in [0.15, 0.2) is 88.8 Å². The number of hydrogen-bond donors (Lipinski definition) is 2. The van der Waals surface area contributed by atoms with E-state index in [0.29, 0.717) is 22.2 Å². The average molecular weight is 454 g/mol. The third-order valence-corrected chi connectivity index (χ3v) is 5.18. The first kappa shape index (κ1) is 22.6. The third-order valence-electron chi connectivity index (χ3n) is 5.18. The number of benzene rings is 3. The molecule has 8 heteroatoms. The van der Waals surface area contributed by atoms with Crippen molar-refractivity contribution in [3.05, 3.63) is 106 Å². The molecule has 0 spiro atoms. The van der Waals surface area contributed by atoms with Gasteiger partial charge in [0.05, 0.1) is 17.6 Å². The van der Waals surface area contributed by atoms with Gasteiger partial charge >= 0.3 is 0 Å². The van der Waals surface area contributed by atoms with Crippen molar-refractivity contribution in [3.63, 3.8) is 0 Å². The SMILES string of the molecule is CC(=O)Nc1cccc(C(C)=NNC(=O)c2nn(Cc3ccccc3)c(=O)c3ccccc23)c1. The third kappa shape index (κ3) is 5.07. The van der Waals surface area contributed by atoms with E-state index in [4.69, 9.17) is 0 Å². The highest BCUT2D eigenvalue weighted by atomic mass is 16.2. The Morgan fingerprint density at radius 3 is 2.35 bits per heavy atom. The summed E-state index contributed by atoms with van der Waals surface area (Å²) in [5, 5.41) is 12.2. The maximum absolute atomic E-state index is 13.1. The summed E-state index contributed by atoms with van der Waals surface area (Å²) in [5.74, 6) is -0.709. The van der Waals surface area contributed by atoms with Crippen molar-refractivity contribution in [2.75, 3.05) is 5.32 Å². The zero-order valence-corrected chi connectivity index (χ0v) is 18.8. The van der Waals surface area contributed by atoms with Crippen molar-refractivity contribution in [1.82, 2.24) is 15.2 Å². The van der Waals surface area contributed by atoms with Crippen LogP contribution >= 0.6 is 0 Å². The molecule has 0 saturated carbocycles. The van der Waals surface area contributed by atoms with E-state index in [1.54, 1.807) is 49.4 Å². The van der Waals surface area contributed by atoms with Crippen LogP contribution in [0.2, 0.25) is 0 Å². The molecule has 8 nitrogen and oxygen atoms in total. The van der Waals surface area contributed by atoms with Crippen molar-refractivity contribution in [1.29, 1.82) is 0 Å². The van der Waals surface area contributed by atoms with Crippen molar-refractivity contribution >= 4 is 34.0 Å². The lowest BCUT2D eigenvalue weighted by Crippen LogP contribution is -2.29. The number of anilines is 1. The molecule has 4 aromatic rings. The number of aromatic nitrogens is 2. The Morgan fingerprint density at radius 1 is 0.912 bits per heavy atom. The van der Waals surface area contributed by atoms with Gasteiger partial charge < -0.3 is 5.32 Å². The Balaban J connectivity index is 1.65. The lowest BCUT2D eigenvalue weighted by molar-refractivity contribution is -0.114. The number of hydrazone groups is 1. The smallest absolute Gasteiger partial charge is 0.292 e. The van der Waals surface area contributed by atoms with Gasteiger partial charge in [0.25, 0.3) is 11.5 Å². The summed E-state index contributed by atoms with van der Waals surface area (Å²) >= 11 is 0. The molecule has 0 aliphatic rings. The predicted molar refractivity (Wildman–Crippen MR) is 132 cm³/mol. The first-order chi connectivity index (χ1) is 16.4. The van der Waals surface area contributed by atoms with E-state index in [1.165, 1.54) is 11.6 Å². The van der Waals surface area contributed by atoms with Gasteiger partial charge in [0.15, 0.2) is 5.69 Å². The number of carbonyl (C=O) groups excluding carboxylic acids is 2. The van der Waals surface area contributed by atoms with E-state index in [2.05, 4.69) is 20.9 Å². The summed E-state index contributed by atoms with van der Waals surface area (Å²) in [6, 6.07) is 23.5. The molecule has 0 atom stereocenters. The molecule has 0 unspecified atom stereocenters. The molecule has 0 radical (unpaired) electrons. The molecule has 0 aliphatic heterocycles. The summed E-state index contributed by atoms with van der Waals surface area (Å²) in [4.78, 5) is 37.4. The molecule has 34 heavy (non-hydrogen) atoms. The second kappa shape index (κ2) is 9.91. The highest BCUT2D eigenvalue weighted by molar-refractivity contribution is 6.06. The van der Waals surface area contributed by atoms with Crippen LogP contribution in [0.3, 0.4) is 0 Å². The number of fused-ring (bicyclic) bond motifs is 1. The molecule has 170 valence electrons. The molecule has 0 fully saturated rings. The Hall–Kier alpha value is -4.59. The van der Waals surface area contributed by atoms with Crippen LogP contribution in [0, 0.1) is 0 Å². The molecule has 2 amide bonds. The maximum Gasteiger partial charge on any atom is 0.292 e. The van der Waals surface area contributed by atoms with E-state index >= 15 is 0 Å².